The van der Waals surface area contributed by atoms with Crippen molar-refractivity contribution in [3.05, 3.63) is 95.1 Å². The topological polar surface area (TPSA) is 45.1 Å². The van der Waals surface area contributed by atoms with Gasteiger partial charge in [0.2, 0.25) is 6.23 Å². The Morgan fingerprint density at radius 3 is 2.48 bits per heavy atom. The summed E-state index contributed by atoms with van der Waals surface area (Å²) < 4.78 is 6.31. The van der Waals surface area contributed by atoms with Gasteiger partial charge in [-0.1, -0.05) is 48.0 Å². The molecule has 0 spiro atoms. The molecule has 0 aliphatic carbocycles. The van der Waals surface area contributed by atoms with Crippen molar-refractivity contribution in [3.8, 4) is 11.5 Å². The Morgan fingerprint density at radius 1 is 0.963 bits per heavy atom. The largest absolute Gasteiger partial charge is 0.508 e. The highest BCUT2D eigenvalue weighted by Crippen LogP contribution is 2.47. The molecule has 0 saturated heterocycles. The average molecular weight is 356 g/mol. The maximum Gasteiger partial charge on any atom is 0.213 e. The number of aromatic hydroxyl groups is 1. The average Bonchev–Trinajstić information content (AvgIpc) is 3.14. The molecule has 0 saturated carbocycles. The molecule has 2 atom stereocenters. The molecule has 0 aromatic heterocycles. The van der Waals surface area contributed by atoms with Crippen LogP contribution in [0.3, 0.4) is 0 Å². The summed E-state index contributed by atoms with van der Waals surface area (Å²) in [4.78, 5) is 0. The van der Waals surface area contributed by atoms with Crippen molar-refractivity contribution < 1.29 is 9.84 Å². The first-order valence-electron chi connectivity index (χ1n) is 9.16. The first kappa shape index (κ1) is 15.9. The second-order valence-electron chi connectivity index (χ2n) is 7.11. The molecule has 0 amide bonds. The van der Waals surface area contributed by atoms with Crippen molar-refractivity contribution in [1.29, 1.82) is 0 Å². The van der Waals surface area contributed by atoms with E-state index < -0.39 is 0 Å². The molecule has 0 fully saturated rings. The van der Waals surface area contributed by atoms with Gasteiger partial charge in [0.05, 0.1) is 11.8 Å². The van der Waals surface area contributed by atoms with Crippen LogP contribution in [-0.2, 0) is 0 Å². The minimum Gasteiger partial charge on any atom is -0.508 e. The Labute approximate surface area is 158 Å². The number of aryl methyl sites for hydroxylation is 1. The zero-order valence-electron chi connectivity index (χ0n) is 15.0. The van der Waals surface area contributed by atoms with Gasteiger partial charge in [0.25, 0.3) is 0 Å². The Hall–Kier alpha value is -3.27. The molecule has 1 N–H and O–H groups in total. The quantitative estimate of drug-likeness (QED) is 0.707. The molecule has 27 heavy (non-hydrogen) atoms. The van der Waals surface area contributed by atoms with Crippen LogP contribution >= 0.6 is 0 Å². The molecule has 4 nitrogen and oxygen atoms in total. The van der Waals surface area contributed by atoms with Gasteiger partial charge < -0.3 is 9.84 Å². The van der Waals surface area contributed by atoms with E-state index in [4.69, 9.17) is 9.84 Å². The van der Waals surface area contributed by atoms with E-state index in [1.165, 1.54) is 11.1 Å². The van der Waals surface area contributed by atoms with Gasteiger partial charge in [0.15, 0.2) is 0 Å². The summed E-state index contributed by atoms with van der Waals surface area (Å²) in [5.74, 6) is 1.15. The number of hydrazone groups is 1. The summed E-state index contributed by atoms with van der Waals surface area (Å²) in [5.41, 5.74) is 5.60. The fourth-order valence-electron chi connectivity index (χ4n) is 3.81. The second-order valence-corrected chi connectivity index (χ2v) is 7.11. The fourth-order valence-corrected chi connectivity index (χ4v) is 3.81. The highest BCUT2D eigenvalue weighted by molar-refractivity contribution is 6.02. The molecule has 5 rings (SSSR count). The van der Waals surface area contributed by atoms with Crippen LogP contribution in [0.5, 0.6) is 11.5 Å². The van der Waals surface area contributed by atoms with E-state index in [0.717, 1.165) is 29.0 Å². The summed E-state index contributed by atoms with van der Waals surface area (Å²) in [5, 5.41) is 16.6. The monoisotopic (exact) mass is 356 g/mol. The van der Waals surface area contributed by atoms with Crippen molar-refractivity contribution in [2.45, 2.75) is 25.6 Å². The lowest BCUT2D eigenvalue weighted by atomic mass is 9.95. The number of benzene rings is 3. The minimum atomic E-state index is -0.312. The third kappa shape index (κ3) is 2.74. The highest BCUT2D eigenvalue weighted by atomic mass is 16.5. The van der Waals surface area contributed by atoms with Crippen LogP contribution in [-0.4, -0.2) is 15.8 Å². The van der Waals surface area contributed by atoms with E-state index in [2.05, 4.69) is 42.3 Å². The van der Waals surface area contributed by atoms with Crippen LogP contribution in [0.2, 0.25) is 0 Å². The van der Waals surface area contributed by atoms with Gasteiger partial charge >= 0.3 is 0 Å². The molecule has 134 valence electrons. The molecule has 2 heterocycles. The molecule has 4 heteroatoms. The second kappa shape index (κ2) is 6.16. The number of rotatable bonds is 2. The van der Waals surface area contributed by atoms with Crippen molar-refractivity contribution in [2.75, 3.05) is 0 Å². The predicted molar refractivity (Wildman–Crippen MR) is 105 cm³/mol. The van der Waals surface area contributed by atoms with Gasteiger partial charge in [-0.2, -0.15) is 5.10 Å². The first-order valence-corrected chi connectivity index (χ1v) is 9.16. The summed E-state index contributed by atoms with van der Waals surface area (Å²) in [6.07, 6.45) is 0.534. The Balaban J connectivity index is 1.58. The molecule has 0 unspecified atom stereocenters. The number of para-hydroxylation sites is 1. The van der Waals surface area contributed by atoms with Gasteiger partial charge in [-0.3, -0.25) is 0 Å². The lowest BCUT2D eigenvalue weighted by Gasteiger charge is -2.38. The number of ether oxygens (including phenoxy) is 1. The van der Waals surface area contributed by atoms with E-state index in [0.29, 0.717) is 0 Å². The smallest absolute Gasteiger partial charge is 0.213 e. The minimum absolute atomic E-state index is 0.144. The Kier molecular flexibility index (Phi) is 3.64. The van der Waals surface area contributed by atoms with Gasteiger partial charge in [-0.05, 0) is 42.8 Å². The highest BCUT2D eigenvalue weighted by Gasteiger charge is 2.40. The lowest BCUT2D eigenvalue weighted by molar-refractivity contribution is -0.0190. The number of hydrogen-bond acceptors (Lipinski definition) is 4. The standard InChI is InChI=1S/C23H20N2O2/c1-15-6-8-16(9-7-15)20-14-21-19-4-2-3-5-22(19)27-23(25(21)24-20)17-10-12-18(26)13-11-17/h2-13,21,23,26H,14H2,1H3/t21-,23-/m1/s1. The molecule has 3 aromatic rings. The van der Waals surface area contributed by atoms with Gasteiger partial charge in [-0.25, -0.2) is 5.01 Å². The normalized spacial score (nSPS) is 20.5. The van der Waals surface area contributed by atoms with E-state index in [1.807, 2.05) is 30.3 Å². The SMILES string of the molecule is Cc1ccc(C2=NN3[C@H](C2)c2ccccc2O[C@@H]3c2ccc(O)cc2)cc1. The molecule has 2 aliphatic rings. The van der Waals surface area contributed by atoms with Crippen LogP contribution in [0.15, 0.2) is 77.9 Å². The van der Waals surface area contributed by atoms with Crippen LogP contribution in [0.25, 0.3) is 0 Å². The molecular formula is C23H20N2O2. The van der Waals surface area contributed by atoms with E-state index in [9.17, 15) is 5.11 Å². The number of phenolic OH excluding ortho intramolecular Hbond substituents is 1. The number of hydrogen-bond donors (Lipinski definition) is 1. The van der Waals surface area contributed by atoms with Gasteiger partial charge in [-0.15, -0.1) is 0 Å². The van der Waals surface area contributed by atoms with Crippen molar-refractivity contribution >= 4 is 5.71 Å². The number of phenols is 1. The van der Waals surface area contributed by atoms with E-state index >= 15 is 0 Å². The first-order chi connectivity index (χ1) is 13.2. The number of fused-ring (bicyclic) bond motifs is 3. The van der Waals surface area contributed by atoms with Crippen LogP contribution in [0.4, 0.5) is 0 Å². The van der Waals surface area contributed by atoms with Crippen LogP contribution in [0, 0.1) is 6.92 Å². The van der Waals surface area contributed by atoms with Crippen LogP contribution in [0.1, 0.15) is 40.9 Å². The molecule has 0 bridgehead atoms. The zero-order valence-corrected chi connectivity index (χ0v) is 15.0. The summed E-state index contributed by atoms with van der Waals surface area (Å²) in [7, 11) is 0. The maximum absolute atomic E-state index is 9.63. The molecule has 3 aromatic carbocycles. The van der Waals surface area contributed by atoms with Crippen molar-refractivity contribution in [2.24, 2.45) is 5.10 Å². The van der Waals surface area contributed by atoms with Gasteiger partial charge in [0.1, 0.15) is 11.5 Å². The fraction of sp³-hybridized carbons (Fsp3) is 0.174. The van der Waals surface area contributed by atoms with E-state index in [-0.39, 0.29) is 18.0 Å². The van der Waals surface area contributed by atoms with Crippen molar-refractivity contribution in [3.63, 3.8) is 0 Å². The third-order valence-corrected chi connectivity index (χ3v) is 5.26. The summed E-state index contributed by atoms with van der Waals surface area (Å²) >= 11 is 0. The van der Waals surface area contributed by atoms with E-state index in [1.54, 1.807) is 12.1 Å². The van der Waals surface area contributed by atoms with Gasteiger partial charge in [0, 0.05) is 17.5 Å². The Bertz CT molecular complexity index is 1010. The van der Waals surface area contributed by atoms with Crippen LogP contribution < -0.4 is 4.74 Å². The molecule has 2 aliphatic heterocycles. The summed E-state index contributed by atoms with van der Waals surface area (Å²) in [6.45, 7) is 2.09. The number of nitrogens with zero attached hydrogens (tertiary/aromatic N) is 2. The summed E-state index contributed by atoms with van der Waals surface area (Å²) in [6, 6.07) is 24.0. The predicted octanol–water partition coefficient (Wildman–Crippen LogP) is 4.94. The lowest BCUT2D eigenvalue weighted by Crippen LogP contribution is -2.33. The Morgan fingerprint density at radius 2 is 1.70 bits per heavy atom. The zero-order chi connectivity index (χ0) is 18.4. The van der Waals surface area contributed by atoms with Crippen molar-refractivity contribution in [1.82, 2.24) is 5.01 Å². The maximum atomic E-state index is 9.63. The molecule has 0 radical (unpaired) electrons. The third-order valence-electron chi connectivity index (χ3n) is 5.26. The molecular weight excluding hydrogens is 336 g/mol.